The second kappa shape index (κ2) is 10.1. The molecule has 2 aromatic carbocycles. The van der Waals surface area contributed by atoms with Gasteiger partial charge in [-0.2, -0.15) is 0 Å². The van der Waals surface area contributed by atoms with E-state index in [1.54, 1.807) is 0 Å². The number of nitrogens with zero attached hydrogens (tertiary/aromatic N) is 1. The van der Waals surface area contributed by atoms with Crippen LogP contribution in [0.25, 0.3) is 0 Å². The number of benzene rings is 2. The molecule has 0 saturated carbocycles. The van der Waals surface area contributed by atoms with Crippen molar-refractivity contribution in [2.75, 3.05) is 5.32 Å². The van der Waals surface area contributed by atoms with Gasteiger partial charge in [0.2, 0.25) is 0 Å². The zero-order valence-corrected chi connectivity index (χ0v) is 20.1. The van der Waals surface area contributed by atoms with Crippen LogP contribution < -0.4 is 5.32 Å². The number of hydrogen-bond acceptors (Lipinski definition) is 2. The molecule has 3 heteroatoms. The zero-order valence-electron chi connectivity index (χ0n) is 20.1. The second-order valence-corrected chi connectivity index (χ2v) is 9.37. The average molecular weight is 407 g/mol. The summed E-state index contributed by atoms with van der Waals surface area (Å²) in [6, 6.07) is 12.6. The first-order valence-electron chi connectivity index (χ1n) is 11.2. The number of aliphatic imine (C=N–C) groups is 1. The van der Waals surface area contributed by atoms with Crippen LogP contribution in [-0.2, 0) is 4.79 Å². The lowest BCUT2D eigenvalue weighted by molar-refractivity contribution is -0.110. The predicted molar refractivity (Wildman–Crippen MR) is 131 cm³/mol. The van der Waals surface area contributed by atoms with E-state index in [0.717, 1.165) is 22.5 Å². The topological polar surface area (TPSA) is 41.5 Å². The van der Waals surface area contributed by atoms with Crippen LogP contribution in [-0.4, -0.2) is 11.6 Å². The number of rotatable bonds is 7. The molecule has 0 unspecified atom stereocenters. The smallest absolute Gasteiger partial charge is 0.269 e. The van der Waals surface area contributed by atoms with Crippen molar-refractivity contribution in [2.24, 2.45) is 4.99 Å². The van der Waals surface area contributed by atoms with Gasteiger partial charge < -0.3 is 5.32 Å². The summed E-state index contributed by atoms with van der Waals surface area (Å²) in [6.07, 6.45) is 0. The molecule has 0 radical (unpaired) electrons. The maximum Gasteiger partial charge on any atom is 0.269 e. The van der Waals surface area contributed by atoms with Crippen LogP contribution in [0.4, 0.5) is 11.4 Å². The van der Waals surface area contributed by atoms with E-state index in [0.29, 0.717) is 29.4 Å². The third-order valence-electron chi connectivity index (χ3n) is 5.56. The molecule has 2 rings (SSSR count). The van der Waals surface area contributed by atoms with Crippen LogP contribution in [0.1, 0.15) is 108 Å². The minimum absolute atomic E-state index is 0.140. The Labute approximate surface area is 183 Å². The fourth-order valence-corrected chi connectivity index (χ4v) is 3.76. The quantitative estimate of drug-likeness (QED) is 0.466. The van der Waals surface area contributed by atoms with Crippen molar-refractivity contribution >= 4 is 23.0 Å². The highest BCUT2D eigenvalue weighted by Crippen LogP contribution is 2.35. The molecule has 0 fully saturated rings. The van der Waals surface area contributed by atoms with Crippen molar-refractivity contribution in [1.29, 1.82) is 0 Å². The van der Waals surface area contributed by atoms with Crippen LogP contribution in [0.5, 0.6) is 0 Å². The summed E-state index contributed by atoms with van der Waals surface area (Å²) in [7, 11) is 0. The van der Waals surface area contributed by atoms with Gasteiger partial charge in [0.15, 0.2) is 0 Å². The van der Waals surface area contributed by atoms with Crippen LogP contribution in [0.2, 0.25) is 0 Å². The number of para-hydroxylation sites is 2. The lowest BCUT2D eigenvalue weighted by Crippen LogP contribution is -2.22. The van der Waals surface area contributed by atoms with Crippen LogP contribution >= 0.6 is 0 Å². The van der Waals surface area contributed by atoms with Gasteiger partial charge in [0.25, 0.3) is 5.91 Å². The number of anilines is 1. The number of hydrogen-bond donors (Lipinski definition) is 1. The first kappa shape index (κ1) is 23.9. The Hall–Kier alpha value is -2.42. The van der Waals surface area contributed by atoms with E-state index in [1.165, 1.54) is 11.1 Å². The highest BCUT2D eigenvalue weighted by Gasteiger charge is 2.19. The molecule has 0 saturated heterocycles. The molecule has 0 bridgehead atoms. The van der Waals surface area contributed by atoms with Gasteiger partial charge in [-0.05, 0) is 52.8 Å². The number of carbonyl (C=O) groups excluding carboxylic acids is 1. The molecule has 1 amide bonds. The van der Waals surface area contributed by atoms with Crippen molar-refractivity contribution in [3.63, 3.8) is 0 Å². The third kappa shape index (κ3) is 5.38. The SMILES string of the molecule is C/C(=N\c1c(C(C)C)cccc1C(C)C)C(=O)Nc1c(C(C)C)cccc1C(C)C. The van der Waals surface area contributed by atoms with Crippen LogP contribution in [0.15, 0.2) is 41.4 Å². The first-order chi connectivity index (χ1) is 14.0. The van der Waals surface area contributed by atoms with Crippen molar-refractivity contribution < 1.29 is 4.79 Å². The highest BCUT2D eigenvalue weighted by molar-refractivity contribution is 6.42. The van der Waals surface area contributed by atoms with Gasteiger partial charge >= 0.3 is 0 Å². The maximum atomic E-state index is 13.2. The summed E-state index contributed by atoms with van der Waals surface area (Å²) >= 11 is 0. The van der Waals surface area contributed by atoms with Crippen LogP contribution in [0, 0.1) is 0 Å². The molecule has 0 heterocycles. The summed E-state index contributed by atoms with van der Waals surface area (Å²) in [4.78, 5) is 18.0. The lowest BCUT2D eigenvalue weighted by atomic mass is 9.92. The average Bonchev–Trinajstić information content (AvgIpc) is 2.67. The predicted octanol–water partition coefficient (Wildman–Crippen LogP) is 7.91. The van der Waals surface area contributed by atoms with E-state index in [1.807, 2.05) is 6.92 Å². The largest absolute Gasteiger partial charge is 0.320 e. The standard InChI is InChI=1S/C27H38N2O/c1-16(2)21-12-10-13-22(17(3)4)25(21)28-20(9)27(30)29-26-23(18(5)6)14-11-15-24(26)19(7)8/h10-19H,1-9H3,(H,29,30)/b28-20+. The Bertz CT molecular complexity index is 868. The third-order valence-corrected chi connectivity index (χ3v) is 5.56. The Balaban J connectivity index is 2.49. The first-order valence-corrected chi connectivity index (χ1v) is 11.2. The Morgan fingerprint density at radius 3 is 1.43 bits per heavy atom. The second-order valence-electron chi connectivity index (χ2n) is 9.37. The van der Waals surface area contributed by atoms with Gasteiger partial charge in [-0.15, -0.1) is 0 Å². The molecule has 0 aliphatic rings. The van der Waals surface area contributed by atoms with Crippen molar-refractivity contribution in [1.82, 2.24) is 0 Å². The van der Waals surface area contributed by atoms with Crippen molar-refractivity contribution in [3.05, 3.63) is 58.7 Å². The number of carbonyl (C=O) groups is 1. The minimum Gasteiger partial charge on any atom is -0.320 e. The fraction of sp³-hybridized carbons (Fsp3) is 0.481. The lowest BCUT2D eigenvalue weighted by Gasteiger charge is -2.20. The van der Waals surface area contributed by atoms with Gasteiger partial charge in [-0.25, -0.2) is 4.99 Å². The summed E-state index contributed by atoms with van der Waals surface area (Å²) < 4.78 is 0. The monoisotopic (exact) mass is 406 g/mol. The van der Waals surface area contributed by atoms with E-state index in [4.69, 9.17) is 4.99 Å². The summed E-state index contributed by atoms with van der Waals surface area (Å²) in [5.41, 5.74) is 7.04. The molecule has 1 N–H and O–H groups in total. The number of amides is 1. The zero-order chi connectivity index (χ0) is 22.6. The highest BCUT2D eigenvalue weighted by atomic mass is 16.1. The van der Waals surface area contributed by atoms with E-state index in [2.05, 4.69) is 97.1 Å². The van der Waals surface area contributed by atoms with E-state index < -0.39 is 0 Å². The Morgan fingerprint density at radius 2 is 1.07 bits per heavy atom. The molecule has 0 spiro atoms. The maximum absolute atomic E-state index is 13.2. The minimum atomic E-state index is -0.140. The molecule has 162 valence electrons. The Kier molecular flexibility index (Phi) is 8.00. The van der Waals surface area contributed by atoms with E-state index >= 15 is 0 Å². The molecule has 30 heavy (non-hydrogen) atoms. The molecular weight excluding hydrogens is 368 g/mol. The van der Waals surface area contributed by atoms with Gasteiger partial charge in [0.05, 0.1) is 5.69 Å². The summed E-state index contributed by atoms with van der Waals surface area (Å²) in [5, 5.41) is 3.19. The van der Waals surface area contributed by atoms with Gasteiger partial charge in [-0.1, -0.05) is 91.8 Å². The summed E-state index contributed by atoms with van der Waals surface area (Å²) in [5.74, 6) is 1.19. The molecular formula is C27H38N2O. The fourth-order valence-electron chi connectivity index (χ4n) is 3.76. The van der Waals surface area contributed by atoms with E-state index in [9.17, 15) is 4.79 Å². The Morgan fingerprint density at radius 1 is 0.700 bits per heavy atom. The van der Waals surface area contributed by atoms with E-state index in [-0.39, 0.29) is 5.91 Å². The van der Waals surface area contributed by atoms with Gasteiger partial charge in [0, 0.05) is 5.69 Å². The van der Waals surface area contributed by atoms with Gasteiger partial charge in [-0.3, -0.25) is 4.79 Å². The van der Waals surface area contributed by atoms with Crippen molar-refractivity contribution in [2.45, 2.75) is 86.0 Å². The summed E-state index contributed by atoms with van der Waals surface area (Å²) in [6.45, 7) is 19.1. The molecule has 0 atom stereocenters. The van der Waals surface area contributed by atoms with Gasteiger partial charge in [0.1, 0.15) is 5.71 Å². The normalized spacial score (nSPS) is 12.4. The molecule has 3 nitrogen and oxygen atoms in total. The molecule has 2 aromatic rings. The molecule has 0 aliphatic carbocycles. The number of nitrogens with one attached hydrogen (secondary N) is 1. The van der Waals surface area contributed by atoms with Crippen molar-refractivity contribution in [3.8, 4) is 0 Å². The van der Waals surface area contributed by atoms with Crippen LogP contribution in [0.3, 0.4) is 0 Å². The molecule has 0 aliphatic heterocycles. The molecule has 0 aromatic heterocycles.